The van der Waals surface area contributed by atoms with Crippen molar-refractivity contribution in [2.45, 2.75) is 46.4 Å². The van der Waals surface area contributed by atoms with Gasteiger partial charge in [-0.1, -0.05) is 44.2 Å². The largest absolute Gasteiger partial charge is 2.00 e. The summed E-state index contributed by atoms with van der Waals surface area (Å²) in [7, 11) is 0. The van der Waals surface area contributed by atoms with E-state index in [1.54, 1.807) is 0 Å². The molecule has 0 saturated carbocycles. The molecule has 1 aromatic carbocycles. The Bertz CT molecular complexity index is 511. The second-order valence-electron chi connectivity index (χ2n) is 5.41. The zero-order chi connectivity index (χ0) is 16.4. The van der Waals surface area contributed by atoms with E-state index < -0.39 is 0 Å². The van der Waals surface area contributed by atoms with Gasteiger partial charge in [0.2, 0.25) is 0 Å². The van der Waals surface area contributed by atoms with E-state index in [1.165, 1.54) is 27.9 Å². The fourth-order valence-electron chi connectivity index (χ4n) is 1.87. The average molecular weight is 404 g/mol. The molecule has 0 saturated heterocycles. The Morgan fingerprint density at radius 2 is 1.26 bits per heavy atom. The number of alkyl halides is 1. The molecule has 0 atom stereocenters. The van der Waals surface area contributed by atoms with Gasteiger partial charge in [0, 0.05) is 5.88 Å². The van der Waals surface area contributed by atoms with Crippen molar-refractivity contribution in [2.24, 2.45) is 0 Å². The topological polar surface area (TPSA) is 0 Å². The number of allylic oxidation sites excluding steroid dienone is 8. The summed E-state index contributed by atoms with van der Waals surface area (Å²) >= 11 is 5.53. The maximum absolute atomic E-state index is 5.53. The van der Waals surface area contributed by atoms with Gasteiger partial charge in [-0.15, -0.1) is 38.3 Å². The van der Waals surface area contributed by atoms with Gasteiger partial charge in [0.15, 0.2) is 0 Å². The van der Waals surface area contributed by atoms with Crippen molar-refractivity contribution in [1.82, 2.24) is 0 Å². The number of hydrogen-bond donors (Lipinski definition) is 0. The van der Waals surface area contributed by atoms with Gasteiger partial charge < -0.3 is 0 Å². The third-order valence-corrected chi connectivity index (χ3v) is 4.04. The molecule has 0 radical (unpaired) electrons. The van der Waals surface area contributed by atoms with Crippen molar-refractivity contribution >= 4 is 11.6 Å². The van der Waals surface area contributed by atoms with Gasteiger partial charge in [-0.25, -0.2) is 22.3 Å². The Morgan fingerprint density at radius 1 is 0.826 bits per heavy atom. The normalized spacial score (nSPS) is 14.8. The Morgan fingerprint density at radius 3 is 1.43 bits per heavy atom. The minimum absolute atomic E-state index is 0. The SMILES string of the molecule is CC1=[C-]CC=C1C.CC1=[C-]CC=C1C.ClCc1ccccc1.[Zr+2]. The molecule has 0 fully saturated rings. The Kier molecular flexibility index (Phi) is 12.4. The summed E-state index contributed by atoms with van der Waals surface area (Å²) in [6.07, 6.45) is 12.8. The van der Waals surface area contributed by atoms with Crippen molar-refractivity contribution in [3.8, 4) is 0 Å². The first-order valence-electron chi connectivity index (χ1n) is 7.63. The van der Waals surface area contributed by atoms with Crippen LogP contribution in [0.15, 0.2) is 64.8 Å². The van der Waals surface area contributed by atoms with Crippen LogP contribution in [0.5, 0.6) is 0 Å². The van der Waals surface area contributed by atoms with E-state index >= 15 is 0 Å². The second-order valence-corrected chi connectivity index (χ2v) is 5.67. The third kappa shape index (κ3) is 9.28. The zero-order valence-corrected chi connectivity index (χ0v) is 17.8. The van der Waals surface area contributed by atoms with Crippen LogP contribution in [-0.4, -0.2) is 0 Å². The van der Waals surface area contributed by atoms with Crippen LogP contribution in [0.3, 0.4) is 0 Å². The van der Waals surface area contributed by atoms with E-state index in [0.29, 0.717) is 5.88 Å². The molecule has 0 bridgehead atoms. The van der Waals surface area contributed by atoms with E-state index in [0.717, 1.165) is 12.8 Å². The molecule has 2 aliphatic rings. The van der Waals surface area contributed by atoms with Gasteiger partial charge in [-0.05, 0) is 5.56 Å². The van der Waals surface area contributed by atoms with E-state index in [1.807, 2.05) is 30.3 Å². The summed E-state index contributed by atoms with van der Waals surface area (Å²) < 4.78 is 0. The minimum Gasteiger partial charge on any atom is -0.270 e. The van der Waals surface area contributed by atoms with Gasteiger partial charge in [-0.3, -0.25) is 12.2 Å². The van der Waals surface area contributed by atoms with E-state index in [-0.39, 0.29) is 26.2 Å². The first-order chi connectivity index (χ1) is 10.5. The first-order valence-corrected chi connectivity index (χ1v) is 8.17. The number of rotatable bonds is 1. The van der Waals surface area contributed by atoms with Crippen LogP contribution in [0.4, 0.5) is 0 Å². The van der Waals surface area contributed by atoms with Crippen LogP contribution in [0.2, 0.25) is 0 Å². The summed E-state index contributed by atoms with van der Waals surface area (Å²) in [6.45, 7) is 8.43. The van der Waals surface area contributed by atoms with Gasteiger partial charge in [-0.2, -0.15) is 12.2 Å². The van der Waals surface area contributed by atoms with E-state index in [2.05, 4.69) is 52.0 Å². The summed E-state index contributed by atoms with van der Waals surface area (Å²) in [5, 5.41) is 0. The predicted octanol–water partition coefficient (Wildman–Crippen LogP) is 6.59. The second kappa shape index (κ2) is 12.7. The molecule has 120 valence electrons. The van der Waals surface area contributed by atoms with Crippen molar-refractivity contribution in [3.05, 3.63) is 82.5 Å². The molecule has 0 heterocycles. The quantitative estimate of drug-likeness (QED) is 0.366. The third-order valence-electron chi connectivity index (χ3n) is 3.73. The molecule has 0 spiro atoms. The molecule has 0 amide bonds. The molecule has 3 rings (SSSR count). The average Bonchev–Trinajstić information content (AvgIpc) is 3.10. The number of benzene rings is 1. The minimum atomic E-state index is 0. The van der Waals surface area contributed by atoms with Crippen LogP contribution in [0.1, 0.15) is 46.1 Å². The summed E-state index contributed by atoms with van der Waals surface area (Å²) in [6, 6.07) is 9.96. The van der Waals surface area contributed by atoms with Crippen LogP contribution in [0.25, 0.3) is 0 Å². The molecule has 1 aromatic rings. The summed E-state index contributed by atoms with van der Waals surface area (Å²) in [4.78, 5) is 0. The Hall–Kier alpha value is -0.647. The van der Waals surface area contributed by atoms with Gasteiger partial charge in [0.25, 0.3) is 0 Å². The molecule has 0 unspecified atom stereocenters. The summed E-state index contributed by atoms with van der Waals surface area (Å²) in [5.41, 5.74) is 6.59. The molecule has 23 heavy (non-hydrogen) atoms. The molecular formula is C21H25ClZr. The maximum atomic E-state index is 5.53. The maximum Gasteiger partial charge on any atom is 2.00 e. The predicted molar refractivity (Wildman–Crippen MR) is 97.6 cm³/mol. The van der Waals surface area contributed by atoms with E-state index in [9.17, 15) is 0 Å². The number of halogens is 1. The molecule has 0 aromatic heterocycles. The Balaban J connectivity index is 0.000000310. The molecule has 0 aliphatic heterocycles. The monoisotopic (exact) mass is 402 g/mol. The fourth-order valence-corrected chi connectivity index (χ4v) is 2.04. The van der Waals surface area contributed by atoms with Crippen molar-refractivity contribution in [1.29, 1.82) is 0 Å². The first kappa shape index (κ1) is 22.4. The van der Waals surface area contributed by atoms with Gasteiger partial charge >= 0.3 is 26.2 Å². The Labute approximate surface area is 166 Å². The van der Waals surface area contributed by atoms with E-state index in [4.69, 9.17) is 11.6 Å². The number of hydrogen-bond acceptors (Lipinski definition) is 0. The molecule has 0 nitrogen and oxygen atoms in total. The van der Waals surface area contributed by atoms with Crippen LogP contribution < -0.4 is 0 Å². The van der Waals surface area contributed by atoms with Crippen LogP contribution in [0, 0.1) is 12.2 Å². The van der Waals surface area contributed by atoms with Gasteiger partial charge in [0.1, 0.15) is 0 Å². The zero-order valence-electron chi connectivity index (χ0n) is 14.5. The molecule has 2 aliphatic carbocycles. The standard InChI is InChI=1S/C7H7Cl.2C7H9.Zr/c8-6-7-4-2-1-3-5-7;2*1-6-4-3-5-7(6)2;/h1-5H,6H2;2*4H,3H2,1-2H3;/q;2*-1;+2. The molecule has 0 N–H and O–H groups in total. The van der Waals surface area contributed by atoms with Crippen molar-refractivity contribution < 1.29 is 26.2 Å². The van der Waals surface area contributed by atoms with Crippen LogP contribution >= 0.6 is 11.6 Å². The smallest absolute Gasteiger partial charge is 0.270 e. The van der Waals surface area contributed by atoms with Crippen molar-refractivity contribution in [2.75, 3.05) is 0 Å². The molecule has 2 heteroatoms. The summed E-state index contributed by atoms with van der Waals surface area (Å²) in [5.74, 6) is 0.612. The van der Waals surface area contributed by atoms with Crippen molar-refractivity contribution in [3.63, 3.8) is 0 Å². The molecular weight excluding hydrogens is 379 g/mol. The van der Waals surface area contributed by atoms with Crippen LogP contribution in [-0.2, 0) is 32.1 Å². The van der Waals surface area contributed by atoms with Gasteiger partial charge in [0.05, 0.1) is 0 Å². The fraction of sp³-hybridized carbons (Fsp3) is 0.333.